The SMILES string of the molecule is CC(c1ccc(F)c(F)c1)N(C)C(=O)NCCCNS(C)(=O)=O. The zero-order valence-electron chi connectivity index (χ0n) is 13.3. The topological polar surface area (TPSA) is 78.5 Å². The van der Waals surface area contributed by atoms with E-state index in [0.29, 0.717) is 12.0 Å². The van der Waals surface area contributed by atoms with Crippen molar-refractivity contribution >= 4 is 16.1 Å². The van der Waals surface area contributed by atoms with Crippen molar-refractivity contribution in [3.05, 3.63) is 35.4 Å². The maximum atomic E-state index is 13.2. The number of sulfonamides is 1. The fraction of sp³-hybridized carbons (Fsp3) is 0.500. The highest BCUT2D eigenvalue weighted by Gasteiger charge is 2.18. The van der Waals surface area contributed by atoms with E-state index in [4.69, 9.17) is 0 Å². The van der Waals surface area contributed by atoms with Crippen molar-refractivity contribution in [3.8, 4) is 0 Å². The Bertz CT molecular complexity index is 653. The number of amides is 2. The molecule has 1 aromatic rings. The Balaban J connectivity index is 2.47. The molecule has 0 radical (unpaired) electrons. The van der Waals surface area contributed by atoms with E-state index < -0.39 is 27.7 Å². The van der Waals surface area contributed by atoms with Gasteiger partial charge >= 0.3 is 6.03 Å². The van der Waals surface area contributed by atoms with Crippen LogP contribution in [0.2, 0.25) is 0 Å². The molecule has 0 bridgehead atoms. The number of nitrogens with one attached hydrogen (secondary N) is 2. The summed E-state index contributed by atoms with van der Waals surface area (Å²) in [4.78, 5) is 13.3. The minimum absolute atomic E-state index is 0.224. The molecule has 1 rings (SSSR count). The Morgan fingerprint density at radius 3 is 2.48 bits per heavy atom. The average molecular weight is 349 g/mol. The van der Waals surface area contributed by atoms with Crippen molar-refractivity contribution in [3.63, 3.8) is 0 Å². The molecule has 6 nitrogen and oxygen atoms in total. The summed E-state index contributed by atoms with van der Waals surface area (Å²) in [6, 6.07) is 2.66. The second-order valence-corrected chi connectivity index (χ2v) is 7.05. The van der Waals surface area contributed by atoms with Gasteiger partial charge in [0.05, 0.1) is 12.3 Å². The molecule has 0 aliphatic rings. The first-order valence-corrected chi connectivity index (χ1v) is 8.91. The molecule has 0 saturated heterocycles. The van der Waals surface area contributed by atoms with Crippen LogP contribution in [0.1, 0.15) is 24.9 Å². The van der Waals surface area contributed by atoms with Crippen molar-refractivity contribution in [2.75, 3.05) is 26.4 Å². The highest BCUT2D eigenvalue weighted by Crippen LogP contribution is 2.20. The smallest absolute Gasteiger partial charge is 0.317 e. The third-order valence-electron chi connectivity index (χ3n) is 3.32. The monoisotopic (exact) mass is 349 g/mol. The fourth-order valence-electron chi connectivity index (χ4n) is 1.84. The molecule has 1 aromatic carbocycles. The predicted molar refractivity (Wildman–Crippen MR) is 83.4 cm³/mol. The Hall–Kier alpha value is -1.74. The van der Waals surface area contributed by atoms with E-state index in [1.807, 2.05) is 0 Å². The molecule has 2 N–H and O–H groups in total. The summed E-state index contributed by atoms with van der Waals surface area (Å²) >= 11 is 0. The largest absolute Gasteiger partial charge is 0.338 e. The molecule has 2 amide bonds. The molecule has 1 atom stereocenters. The number of hydrogen-bond acceptors (Lipinski definition) is 3. The van der Waals surface area contributed by atoms with Crippen LogP contribution in [-0.4, -0.2) is 45.7 Å². The van der Waals surface area contributed by atoms with E-state index in [9.17, 15) is 22.0 Å². The van der Waals surface area contributed by atoms with Crippen LogP contribution < -0.4 is 10.0 Å². The molecule has 0 aliphatic heterocycles. The number of nitrogens with zero attached hydrogens (tertiary/aromatic N) is 1. The standard InChI is InChI=1S/C14H21F2N3O3S/c1-10(11-5-6-12(15)13(16)9-11)19(2)14(20)17-7-4-8-18-23(3,21)22/h5-6,9-10,18H,4,7-8H2,1-3H3,(H,17,20). The number of carbonyl (C=O) groups is 1. The van der Waals surface area contributed by atoms with Crippen molar-refractivity contribution in [1.82, 2.24) is 14.9 Å². The van der Waals surface area contributed by atoms with Crippen LogP contribution in [0.15, 0.2) is 18.2 Å². The summed E-state index contributed by atoms with van der Waals surface area (Å²) in [6.45, 7) is 2.20. The summed E-state index contributed by atoms with van der Waals surface area (Å²) < 4.78 is 50.2. The molecule has 130 valence electrons. The number of benzene rings is 1. The summed E-state index contributed by atoms with van der Waals surface area (Å²) in [7, 11) is -1.70. The molecule has 0 fully saturated rings. The summed E-state index contributed by atoms with van der Waals surface area (Å²) in [6.07, 6.45) is 1.50. The molecule has 9 heteroatoms. The van der Waals surface area contributed by atoms with Gasteiger partial charge in [-0.25, -0.2) is 26.7 Å². The zero-order chi connectivity index (χ0) is 17.6. The zero-order valence-corrected chi connectivity index (χ0v) is 14.1. The molecular weight excluding hydrogens is 328 g/mol. The number of rotatable bonds is 7. The maximum Gasteiger partial charge on any atom is 0.317 e. The average Bonchev–Trinajstić information content (AvgIpc) is 2.46. The first kappa shape index (κ1) is 19.3. The third-order valence-corrected chi connectivity index (χ3v) is 4.05. The van der Waals surface area contributed by atoms with Crippen LogP contribution in [0.25, 0.3) is 0 Å². The Morgan fingerprint density at radius 2 is 1.91 bits per heavy atom. The number of urea groups is 1. The minimum atomic E-state index is -3.24. The van der Waals surface area contributed by atoms with Crippen molar-refractivity contribution < 1.29 is 22.0 Å². The Labute approximate surface area is 134 Å². The highest BCUT2D eigenvalue weighted by atomic mass is 32.2. The molecule has 0 spiro atoms. The first-order valence-electron chi connectivity index (χ1n) is 7.02. The quantitative estimate of drug-likeness (QED) is 0.734. The number of halogens is 2. The van der Waals surface area contributed by atoms with E-state index in [-0.39, 0.29) is 19.1 Å². The van der Waals surface area contributed by atoms with Gasteiger partial charge in [0.25, 0.3) is 0 Å². The lowest BCUT2D eigenvalue weighted by Gasteiger charge is -2.25. The molecular formula is C14H21F2N3O3S. The number of hydrogen-bond donors (Lipinski definition) is 2. The van der Waals surface area contributed by atoms with Crippen LogP contribution in [0.5, 0.6) is 0 Å². The lowest BCUT2D eigenvalue weighted by atomic mass is 10.1. The van der Waals surface area contributed by atoms with Crippen LogP contribution in [0, 0.1) is 11.6 Å². The van der Waals surface area contributed by atoms with Gasteiger partial charge in [-0.05, 0) is 31.0 Å². The van der Waals surface area contributed by atoms with Gasteiger partial charge in [0.15, 0.2) is 11.6 Å². The number of carbonyl (C=O) groups excluding carboxylic acids is 1. The predicted octanol–water partition coefficient (Wildman–Crippen LogP) is 1.61. The Kier molecular flexibility index (Phi) is 6.89. The van der Waals surface area contributed by atoms with E-state index in [1.165, 1.54) is 18.0 Å². The lowest BCUT2D eigenvalue weighted by molar-refractivity contribution is 0.194. The van der Waals surface area contributed by atoms with Gasteiger partial charge in [0.1, 0.15) is 0 Å². The van der Waals surface area contributed by atoms with Gasteiger partial charge in [-0.3, -0.25) is 0 Å². The van der Waals surface area contributed by atoms with Crippen molar-refractivity contribution in [2.24, 2.45) is 0 Å². The van der Waals surface area contributed by atoms with E-state index in [2.05, 4.69) is 10.0 Å². The first-order chi connectivity index (χ1) is 10.6. The lowest BCUT2D eigenvalue weighted by Crippen LogP contribution is -2.40. The fourth-order valence-corrected chi connectivity index (χ4v) is 2.35. The summed E-state index contributed by atoms with van der Waals surface area (Å²) in [5.74, 6) is -1.90. The summed E-state index contributed by atoms with van der Waals surface area (Å²) in [5.41, 5.74) is 0.472. The van der Waals surface area contributed by atoms with Crippen LogP contribution in [0.3, 0.4) is 0 Å². The molecule has 0 heterocycles. The summed E-state index contributed by atoms with van der Waals surface area (Å²) in [5, 5.41) is 2.63. The van der Waals surface area contributed by atoms with Gasteiger partial charge in [-0.2, -0.15) is 0 Å². The molecule has 0 aromatic heterocycles. The molecule has 0 saturated carbocycles. The van der Waals surface area contributed by atoms with Gasteiger partial charge in [-0.15, -0.1) is 0 Å². The van der Waals surface area contributed by atoms with Crippen molar-refractivity contribution in [2.45, 2.75) is 19.4 Å². The van der Waals surface area contributed by atoms with Crippen LogP contribution in [0.4, 0.5) is 13.6 Å². The van der Waals surface area contributed by atoms with Crippen molar-refractivity contribution in [1.29, 1.82) is 0 Å². The minimum Gasteiger partial charge on any atom is -0.338 e. The van der Waals surface area contributed by atoms with Gasteiger partial charge in [-0.1, -0.05) is 6.07 Å². The second kappa shape index (κ2) is 8.21. The maximum absolute atomic E-state index is 13.2. The molecule has 1 unspecified atom stereocenters. The van der Waals surface area contributed by atoms with E-state index in [0.717, 1.165) is 18.4 Å². The van der Waals surface area contributed by atoms with E-state index >= 15 is 0 Å². The highest BCUT2D eigenvalue weighted by molar-refractivity contribution is 7.88. The van der Waals surface area contributed by atoms with Gasteiger partial charge < -0.3 is 10.2 Å². The molecule has 23 heavy (non-hydrogen) atoms. The van der Waals surface area contributed by atoms with Gasteiger partial charge in [0, 0.05) is 20.1 Å². The third kappa shape index (κ3) is 6.49. The Morgan fingerprint density at radius 1 is 1.26 bits per heavy atom. The van der Waals surface area contributed by atoms with Gasteiger partial charge in [0.2, 0.25) is 10.0 Å². The van der Waals surface area contributed by atoms with E-state index in [1.54, 1.807) is 6.92 Å². The molecule has 0 aliphatic carbocycles. The normalized spacial score (nSPS) is 12.7. The van der Waals surface area contributed by atoms with Crippen LogP contribution in [-0.2, 0) is 10.0 Å². The second-order valence-electron chi connectivity index (χ2n) is 5.21. The van der Waals surface area contributed by atoms with Crippen LogP contribution >= 0.6 is 0 Å².